The number of phenolic OH excluding ortho intramolecular Hbond substituents is 1. The summed E-state index contributed by atoms with van der Waals surface area (Å²) in [5.41, 5.74) is 1.84. The fourth-order valence-electron chi connectivity index (χ4n) is 3.06. The molecule has 1 amide bonds. The standard InChI is InChI=1S/C23H21N3O2/c1-2-7-20(16-8-4-3-5-9-16)26-23(28)18(15-24)14-19-13-12-17-10-6-11-21(27)22(17)25-19/h3-6,8-14,20,27H,2,7H2,1H3,(H,26,28)/t20-/m0/s1. The van der Waals surface area contributed by atoms with E-state index in [-0.39, 0.29) is 17.4 Å². The SMILES string of the molecule is CCC[C@H](NC(=O)C(C#N)=Cc1ccc2cccc(O)c2n1)c1ccccc1. The number of aromatic hydroxyl groups is 1. The Morgan fingerprint density at radius 3 is 2.68 bits per heavy atom. The molecule has 3 rings (SSSR count). The third-order valence-corrected chi connectivity index (χ3v) is 4.46. The van der Waals surface area contributed by atoms with Crippen LogP contribution < -0.4 is 5.32 Å². The number of nitrogens with zero attached hydrogens (tertiary/aromatic N) is 2. The molecule has 0 saturated carbocycles. The number of pyridine rings is 1. The van der Waals surface area contributed by atoms with Crippen molar-refractivity contribution in [2.75, 3.05) is 0 Å². The summed E-state index contributed by atoms with van der Waals surface area (Å²) in [5.74, 6) is -0.383. The van der Waals surface area contributed by atoms with E-state index in [0.717, 1.165) is 23.8 Å². The number of carbonyl (C=O) groups excluding carboxylic acids is 1. The minimum absolute atomic E-state index is 0.0284. The van der Waals surface area contributed by atoms with Crippen molar-refractivity contribution < 1.29 is 9.90 Å². The van der Waals surface area contributed by atoms with Crippen LogP contribution in [0.15, 0.2) is 66.2 Å². The van der Waals surface area contributed by atoms with E-state index in [1.165, 1.54) is 6.08 Å². The van der Waals surface area contributed by atoms with E-state index in [1.807, 2.05) is 42.5 Å². The number of fused-ring (bicyclic) bond motifs is 1. The summed E-state index contributed by atoms with van der Waals surface area (Å²) in [6.45, 7) is 2.05. The minimum atomic E-state index is -0.441. The summed E-state index contributed by atoms with van der Waals surface area (Å²) in [7, 11) is 0. The zero-order valence-corrected chi connectivity index (χ0v) is 15.6. The highest BCUT2D eigenvalue weighted by Crippen LogP contribution is 2.23. The van der Waals surface area contributed by atoms with Crippen molar-refractivity contribution in [2.24, 2.45) is 0 Å². The maximum atomic E-state index is 12.7. The van der Waals surface area contributed by atoms with Crippen molar-refractivity contribution in [3.05, 3.63) is 77.5 Å². The van der Waals surface area contributed by atoms with Crippen LogP contribution in [0.3, 0.4) is 0 Å². The lowest BCUT2D eigenvalue weighted by molar-refractivity contribution is -0.117. The summed E-state index contributed by atoms with van der Waals surface area (Å²) in [6, 6.07) is 20.1. The van der Waals surface area contributed by atoms with Crippen LogP contribution in [0.25, 0.3) is 17.0 Å². The zero-order chi connectivity index (χ0) is 19.9. The van der Waals surface area contributed by atoms with Gasteiger partial charge in [-0.2, -0.15) is 5.26 Å². The first kappa shape index (κ1) is 19.1. The van der Waals surface area contributed by atoms with Gasteiger partial charge in [-0.3, -0.25) is 4.79 Å². The number of amides is 1. The Bertz CT molecular complexity index is 1050. The van der Waals surface area contributed by atoms with Gasteiger partial charge in [-0.05, 0) is 30.2 Å². The molecule has 2 N–H and O–H groups in total. The summed E-state index contributed by atoms with van der Waals surface area (Å²) in [6.07, 6.45) is 3.11. The van der Waals surface area contributed by atoms with Gasteiger partial charge in [0.05, 0.1) is 11.7 Å². The molecule has 0 fully saturated rings. The number of carbonyl (C=O) groups is 1. The van der Waals surface area contributed by atoms with Crippen LogP contribution >= 0.6 is 0 Å². The van der Waals surface area contributed by atoms with E-state index in [2.05, 4.69) is 17.2 Å². The van der Waals surface area contributed by atoms with Crippen molar-refractivity contribution in [2.45, 2.75) is 25.8 Å². The predicted octanol–water partition coefficient (Wildman–Crippen LogP) is 4.50. The molecule has 2 aromatic carbocycles. The molecule has 0 radical (unpaired) electrons. The second-order valence-electron chi connectivity index (χ2n) is 6.48. The number of para-hydroxylation sites is 1. The van der Waals surface area contributed by atoms with Crippen molar-refractivity contribution in [1.29, 1.82) is 5.26 Å². The summed E-state index contributed by atoms with van der Waals surface area (Å²) >= 11 is 0. The number of aromatic nitrogens is 1. The van der Waals surface area contributed by atoms with Gasteiger partial charge in [0.25, 0.3) is 5.91 Å². The third kappa shape index (κ3) is 4.36. The molecule has 140 valence electrons. The van der Waals surface area contributed by atoms with Crippen LogP contribution in [0, 0.1) is 11.3 Å². The number of benzene rings is 2. The van der Waals surface area contributed by atoms with E-state index in [0.29, 0.717) is 11.2 Å². The Morgan fingerprint density at radius 1 is 1.18 bits per heavy atom. The predicted molar refractivity (Wildman–Crippen MR) is 109 cm³/mol. The Kier molecular flexibility index (Phi) is 6.03. The fraction of sp³-hybridized carbons (Fsp3) is 0.174. The fourth-order valence-corrected chi connectivity index (χ4v) is 3.06. The van der Waals surface area contributed by atoms with Gasteiger partial charge in [0.2, 0.25) is 0 Å². The highest BCUT2D eigenvalue weighted by atomic mass is 16.3. The molecule has 0 aliphatic heterocycles. The topological polar surface area (TPSA) is 86.0 Å². The first-order valence-corrected chi connectivity index (χ1v) is 9.18. The molecule has 5 heteroatoms. The van der Waals surface area contributed by atoms with Gasteiger partial charge in [-0.15, -0.1) is 0 Å². The van der Waals surface area contributed by atoms with Crippen molar-refractivity contribution in [3.63, 3.8) is 0 Å². The van der Waals surface area contributed by atoms with E-state index in [9.17, 15) is 15.2 Å². The van der Waals surface area contributed by atoms with Crippen LogP contribution in [0.2, 0.25) is 0 Å². The van der Waals surface area contributed by atoms with Gasteiger partial charge < -0.3 is 10.4 Å². The number of nitriles is 1. The van der Waals surface area contributed by atoms with Gasteiger partial charge in [0, 0.05) is 5.39 Å². The summed E-state index contributed by atoms with van der Waals surface area (Å²) in [4.78, 5) is 17.0. The molecule has 1 atom stereocenters. The summed E-state index contributed by atoms with van der Waals surface area (Å²) in [5, 5.41) is 23.2. The van der Waals surface area contributed by atoms with E-state index < -0.39 is 5.91 Å². The first-order chi connectivity index (χ1) is 13.6. The second kappa shape index (κ2) is 8.83. The first-order valence-electron chi connectivity index (χ1n) is 9.18. The van der Waals surface area contributed by atoms with Crippen LogP contribution in [0.4, 0.5) is 0 Å². The molecule has 0 aliphatic carbocycles. The van der Waals surface area contributed by atoms with E-state index in [1.54, 1.807) is 24.3 Å². The molecule has 0 spiro atoms. The third-order valence-electron chi connectivity index (χ3n) is 4.46. The molecule has 3 aromatic rings. The van der Waals surface area contributed by atoms with Crippen molar-refractivity contribution in [1.82, 2.24) is 10.3 Å². The largest absolute Gasteiger partial charge is 0.506 e. The normalized spacial score (nSPS) is 12.4. The molecule has 0 bridgehead atoms. The molecule has 28 heavy (non-hydrogen) atoms. The number of nitrogens with one attached hydrogen (secondary N) is 1. The lowest BCUT2D eigenvalue weighted by Crippen LogP contribution is -2.29. The number of phenols is 1. The average Bonchev–Trinajstić information content (AvgIpc) is 2.72. The molecule has 1 heterocycles. The lowest BCUT2D eigenvalue weighted by Gasteiger charge is -2.18. The smallest absolute Gasteiger partial charge is 0.262 e. The van der Waals surface area contributed by atoms with Crippen molar-refractivity contribution in [3.8, 4) is 11.8 Å². The Balaban J connectivity index is 1.86. The Hall–Kier alpha value is -3.65. The van der Waals surface area contributed by atoms with Gasteiger partial charge in [-0.1, -0.05) is 61.9 Å². The average molecular weight is 371 g/mol. The number of hydrogen-bond donors (Lipinski definition) is 2. The van der Waals surface area contributed by atoms with Gasteiger partial charge >= 0.3 is 0 Å². The summed E-state index contributed by atoms with van der Waals surface area (Å²) < 4.78 is 0. The maximum Gasteiger partial charge on any atom is 0.262 e. The van der Waals surface area contributed by atoms with E-state index >= 15 is 0 Å². The van der Waals surface area contributed by atoms with Gasteiger partial charge in [0.15, 0.2) is 0 Å². The molecule has 0 unspecified atom stereocenters. The highest BCUT2D eigenvalue weighted by molar-refractivity contribution is 6.02. The minimum Gasteiger partial charge on any atom is -0.506 e. The number of hydrogen-bond acceptors (Lipinski definition) is 4. The van der Waals surface area contributed by atoms with E-state index in [4.69, 9.17) is 0 Å². The van der Waals surface area contributed by atoms with Crippen LogP contribution in [-0.2, 0) is 4.79 Å². The van der Waals surface area contributed by atoms with Crippen LogP contribution in [0.5, 0.6) is 5.75 Å². The molecular weight excluding hydrogens is 350 g/mol. The Morgan fingerprint density at radius 2 is 1.96 bits per heavy atom. The second-order valence-corrected chi connectivity index (χ2v) is 6.48. The quantitative estimate of drug-likeness (QED) is 0.493. The maximum absolute atomic E-state index is 12.7. The molecule has 1 aromatic heterocycles. The van der Waals surface area contributed by atoms with Crippen LogP contribution in [-0.4, -0.2) is 16.0 Å². The van der Waals surface area contributed by atoms with Crippen molar-refractivity contribution >= 4 is 22.9 Å². The number of rotatable bonds is 6. The molecule has 0 saturated heterocycles. The van der Waals surface area contributed by atoms with Crippen LogP contribution in [0.1, 0.15) is 37.1 Å². The monoisotopic (exact) mass is 371 g/mol. The molecule has 0 aliphatic rings. The van der Waals surface area contributed by atoms with Gasteiger partial charge in [0.1, 0.15) is 22.9 Å². The lowest BCUT2D eigenvalue weighted by atomic mass is 10.0. The molecule has 5 nitrogen and oxygen atoms in total. The van der Waals surface area contributed by atoms with Gasteiger partial charge in [-0.25, -0.2) is 4.98 Å². The molecular formula is C23H21N3O2. The Labute approximate surface area is 164 Å². The highest BCUT2D eigenvalue weighted by Gasteiger charge is 2.17. The zero-order valence-electron chi connectivity index (χ0n) is 15.6.